The molecule has 0 amide bonds. The number of rotatable bonds is 4. The summed E-state index contributed by atoms with van der Waals surface area (Å²) in [7, 11) is 0. The molecule has 2 aromatic heterocycles. The van der Waals surface area contributed by atoms with Gasteiger partial charge in [0, 0.05) is 56.6 Å². The van der Waals surface area contributed by atoms with Crippen LogP contribution in [0.2, 0.25) is 10.0 Å². The lowest BCUT2D eigenvalue weighted by molar-refractivity contribution is 0.121. The van der Waals surface area contributed by atoms with Crippen LogP contribution in [0.25, 0.3) is 5.65 Å². The van der Waals surface area contributed by atoms with Crippen molar-refractivity contribution in [2.45, 2.75) is 13.1 Å². The fourth-order valence-electron chi connectivity index (χ4n) is 3.43. The van der Waals surface area contributed by atoms with Gasteiger partial charge in [-0.15, -0.1) is 0 Å². The van der Waals surface area contributed by atoms with Gasteiger partial charge in [0.25, 0.3) is 5.56 Å². The van der Waals surface area contributed by atoms with E-state index in [2.05, 4.69) is 14.8 Å². The maximum absolute atomic E-state index is 13.2. The fourth-order valence-corrected chi connectivity index (χ4v) is 3.82. The van der Waals surface area contributed by atoms with Gasteiger partial charge >= 0.3 is 0 Å². The minimum atomic E-state index is -0.320. The van der Waals surface area contributed by atoms with Crippen LogP contribution in [0.4, 0.5) is 4.39 Å². The first-order valence-electron chi connectivity index (χ1n) is 9.04. The maximum atomic E-state index is 13.2. The zero-order valence-corrected chi connectivity index (χ0v) is 16.6. The van der Waals surface area contributed by atoms with E-state index in [0.717, 1.165) is 37.4 Å². The third-order valence-electron chi connectivity index (χ3n) is 4.94. The molecule has 8 heteroatoms. The standard InChI is InChI=1S/C20H19Cl2FN4O/c21-15-2-4-19-24-17(10-20(28)27(19)12-15)13-26-7-5-25(6-8-26)11-14-1-3-16(23)9-18(14)22/h1-4,9-10,12H,5-8,11,13H2. The first-order valence-corrected chi connectivity index (χ1v) is 9.80. The molecule has 0 spiro atoms. The third-order valence-corrected chi connectivity index (χ3v) is 5.51. The van der Waals surface area contributed by atoms with E-state index in [-0.39, 0.29) is 11.4 Å². The summed E-state index contributed by atoms with van der Waals surface area (Å²) in [5, 5.41) is 0.963. The average Bonchev–Trinajstić information content (AvgIpc) is 2.66. The van der Waals surface area contributed by atoms with Gasteiger partial charge in [0.1, 0.15) is 11.5 Å². The molecule has 0 unspecified atom stereocenters. The SMILES string of the molecule is O=c1cc(CN2CCN(Cc3ccc(F)cc3Cl)CC2)nc2ccc(Cl)cn12. The molecular formula is C20H19Cl2FN4O. The van der Waals surface area contributed by atoms with Gasteiger partial charge < -0.3 is 0 Å². The van der Waals surface area contributed by atoms with Crippen molar-refractivity contribution in [2.75, 3.05) is 26.2 Å². The van der Waals surface area contributed by atoms with Crippen LogP contribution in [-0.4, -0.2) is 45.4 Å². The zero-order chi connectivity index (χ0) is 19.7. The first-order chi connectivity index (χ1) is 13.5. The summed E-state index contributed by atoms with van der Waals surface area (Å²) in [5.74, 6) is -0.320. The van der Waals surface area contributed by atoms with Crippen molar-refractivity contribution in [1.29, 1.82) is 0 Å². The van der Waals surface area contributed by atoms with Gasteiger partial charge in [0.05, 0.1) is 10.7 Å². The number of hydrogen-bond donors (Lipinski definition) is 0. The molecule has 146 valence electrons. The van der Waals surface area contributed by atoms with Gasteiger partial charge in [-0.2, -0.15) is 0 Å². The highest BCUT2D eigenvalue weighted by Gasteiger charge is 2.19. The average molecular weight is 421 g/mol. The Morgan fingerprint density at radius 1 is 0.964 bits per heavy atom. The second-order valence-electron chi connectivity index (χ2n) is 6.95. The minimum Gasteiger partial charge on any atom is -0.296 e. The van der Waals surface area contributed by atoms with Gasteiger partial charge in [-0.1, -0.05) is 29.3 Å². The molecule has 3 heterocycles. The summed E-state index contributed by atoms with van der Waals surface area (Å²) in [4.78, 5) is 21.4. The Labute approximate surface area is 171 Å². The molecule has 1 aromatic carbocycles. The Morgan fingerprint density at radius 3 is 2.39 bits per heavy atom. The summed E-state index contributed by atoms with van der Waals surface area (Å²) in [6.45, 7) is 4.79. The summed E-state index contributed by atoms with van der Waals surface area (Å²) in [6.07, 6.45) is 1.58. The maximum Gasteiger partial charge on any atom is 0.258 e. The van der Waals surface area contributed by atoms with E-state index in [1.54, 1.807) is 30.5 Å². The molecule has 0 bridgehead atoms. The Balaban J connectivity index is 1.38. The molecule has 1 fully saturated rings. The first kappa shape index (κ1) is 19.3. The van der Waals surface area contributed by atoms with Gasteiger partial charge in [0.15, 0.2) is 0 Å². The molecule has 28 heavy (non-hydrogen) atoms. The lowest BCUT2D eigenvalue weighted by atomic mass is 10.2. The van der Waals surface area contributed by atoms with Crippen LogP contribution in [-0.2, 0) is 13.1 Å². The van der Waals surface area contributed by atoms with E-state index in [0.29, 0.717) is 28.8 Å². The Morgan fingerprint density at radius 2 is 1.68 bits per heavy atom. The molecular weight excluding hydrogens is 402 g/mol. The molecule has 0 N–H and O–H groups in total. The van der Waals surface area contributed by atoms with Gasteiger partial charge in [-0.25, -0.2) is 9.37 Å². The predicted molar refractivity (Wildman–Crippen MR) is 108 cm³/mol. The number of halogens is 3. The van der Waals surface area contributed by atoms with E-state index >= 15 is 0 Å². The highest BCUT2D eigenvalue weighted by molar-refractivity contribution is 6.31. The van der Waals surface area contributed by atoms with Crippen LogP contribution in [0.1, 0.15) is 11.3 Å². The molecule has 0 saturated carbocycles. The van der Waals surface area contributed by atoms with E-state index < -0.39 is 0 Å². The number of fused-ring (bicyclic) bond motifs is 1. The summed E-state index contributed by atoms with van der Waals surface area (Å²) >= 11 is 12.1. The van der Waals surface area contributed by atoms with E-state index in [1.165, 1.54) is 16.5 Å². The van der Waals surface area contributed by atoms with Crippen molar-refractivity contribution in [3.8, 4) is 0 Å². The molecule has 1 saturated heterocycles. The molecule has 1 aliphatic heterocycles. The van der Waals surface area contributed by atoms with Crippen LogP contribution in [0, 0.1) is 5.82 Å². The Kier molecular flexibility index (Phi) is 5.64. The second kappa shape index (κ2) is 8.17. The Bertz CT molecular complexity index is 1060. The highest BCUT2D eigenvalue weighted by Crippen LogP contribution is 2.20. The number of piperazine rings is 1. The van der Waals surface area contributed by atoms with E-state index in [9.17, 15) is 9.18 Å². The number of pyridine rings is 1. The van der Waals surface area contributed by atoms with E-state index in [1.807, 2.05) is 0 Å². The monoisotopic (exact) mass is 420 g/mol. The van der Waals surface area contributed by atoms with Gasteiger partial charge in [-0.3, -0.25) is 19.0 Å². The van der Waals surface area contributed by atoms with Crippen molar-refractivity contribution in [2.24, 2.45) is 0 Å². The van der Waals surface area contributed by atoms with Crippen LogP contribution in [0.3, 0.4) is 0 Å². The minimum absolute atomic E-state index is 0.132. The van der Waals surface area contributed by atoms with Crippen LogP contribution >= 0.6 is 23.2 Å². The second-order valence-corrected chi connectivity index (χ2v) is 7.79. The van der Waals surface area contributed by atoms with Crippen molar-refractivity contribution in [3.05, 3.63) is 80.1 Å². The molecule has 3 aromatic rings. The highest BCUT2D eigenvalue weighted by atomic mass is 35.5. The number of hydrogen-bond acceptors (Lipinski definition) is 4. The quantitative estimate of drug-likeness (QED) is 0.647. The smallest absolute Gasteiger partial charge is 0.258 e. The molecule has 1 aliphatic rings. The Hall–Kier alpha value is -1.99. The molecule has 0 aliphatic carbocycles. The van der Waals surface area contributed by atoms with Crippen LogP contribution < -0.4 is 5.56 Å². The molecule has 0 radical (unpaired) electrons. The molecule has 4 rings (SSSR count). The fraction of sp³-hybridized carbons (Fsp3) is 0.300. The summed E-state index contributed by atoms with van der Waals surface area (Å²) in [5.41, 5.74) is 2.14. The van der Waals surface area contributed by atoms with E-state index in [4.69, 9.17) is 23.2 Å². The van der Waals surface area contributed by atoms with Gasteiger partial charge in [-0.05, 0) is 29.8 Å². The molecule has 0 atom stereocenters. The lowest BCUT2D eigenvalue weighted by Crippen LogP contribution is -2.45. The topological polar surface area (TPSA) is 40.9 Å². The van der Waals surface area contributed by atoms with Crippen LogP contribution in [0.15, 0.2) is 47.4 Å². The normalized spacial score (nSPS) is 16.0. The largest absolute Gasteiger partial charge is 0.296 e. The van der Waals surface area contributed by atoms with Crippen molar-refractivity contribution < 1.29 is 4.39 Å². The van der Waals surface area contributed by atoms with Crippen molar-refractivity contribution in [3.63, 3.8) is 0 Å². The zero-order valence-electron chi connectivity index (χ0n) is 15.1. The van der Waals surface area contributed by atoms with Crippen molar-refractivity contribution in [1.82, 2.24) is 19.2 Å². The third kappa shape index (κ3) is 4.36. The number of benzene rings is 1. The summed E-state index contributed by atoms with van der Waals surface area (Å²) < 4.78 is 14.6. The predicted octanol–water partition coefficient (Wildman–Crippen LogP) is 3.46. The summed E-state index contributed by atoms with van der Waals surface area (Å²) in [6, 6.07) is 9.57. The van der Waals surface area contributed by atoms with Crippen molar-refractivity contribution >= 4 is 28.8 Å². The lowest BCUT2D eigenvalue weighted by Gasteiger charge is -2.34. The number of aromatic nitrogens is 2. The van der Waals surface area contributed by atoms with Crippen LogP contribution in [0.5, 0.6) is 0 Å². The van der Waals surface area contributed by atoms with Gasteiger partial charge in [0.2, 0.25) is 0 Å². The molecule has 5 nitrogen and oxygen atoms in total. The number of nitrogens with zero attached hydrogens (tertiary/aromatic N) is 4.